The normalized spacial score (nSPS) is 23.1. The number of hydrogen-bond acceptors (Lipinski definition) is 6. The minimum Gasteiger partial charge on any atom is -0.314 e. The van der Waals surface area contributed by atoms with Crippen LogP contribution in [0.4, 0.5) is 0 Å². The van der Waals surface area contributed by atoms with E-state index in [9.17, 15) is 0 Å². The number of nitrogens with zero attached hydrogens (tertiary/aromatic N) is 2. The Bertz CT molecular complexity index is 238. The van der Waals surface area contributed by atoms with Crippen LogP contribution in [0.15, 0.2) is 0 Å². The van der Waals surface area contributed by atoms with Crippen LogP contribution in [0.3, 0.4) is 0 Å². The van der Waals surface area contributed by atoms with E-state index in [4.69, 9.17) is 5.84 Å². The second-order valence-electron chi connectivity index (χ2n) is 6.39. The van der Waals surface area contributed by atoms with E-state index in [2.05, 4.69) is 32.8 Å². The van der Waals surface area contributed by atoms with Crippen molar-refractivity contribution in [2.45, 2.75) is 25.3 Å². The van der Waals surface area contributed by atoms with Crippen LogP contribution in [-0.2, 0) is 0 Å². The van der Waals surface area contributed by atoms with Crippen molar-refractivity contribution in [1.29, 1.82) is 0 Å². The smallest absolute Gasteiger partial charge is 0.0317 e. The molecule has 2 aliphatic heterocycles. The second-order valence-corrected chi connectivity index (χ2v) is 6.39. The third kappa shape index (κ3) is 5.27. The lowest BCUT2D eigenvalue weighted by molar-refractivity contribution is 0.172. The predicted octanol–water partition coefficient (Wildman–Crippen LogP) is -1.20. The third-order valence-electron chi connectivity index (χ3n) is 4.73. The van der Waals surface area contributed by atoms with Gasteiger partial charge in [-0.25, -0.2) is 0 Å². The largest absolute Gasteiger partial charge is 0.314 e. The molecule has 6 nitrogen and oxygen atoms in total. The molecule has 118 valence electrons. The Morgan fingerprint density at radius 2 is 1.30 bits per heavy atom. The van der Waals surface area contributed by atoms with Gasteiger partial charge in [0.1, 0.15) is 0 Å². The van der Waals surface area contributed by atoms with Crippen LogP contribution < -0.4 is 21.9 Å². The van der Waals surface area contributed by atoms with Gasteiger partial charge in [-0.3, -0.25) is 11.3 Å². The van der Waals surface area contributed by atoms with Crippen molar-refractivity contribution in [2.24, 2.45) is 5.84 Å². The molecule has 20 heavy (non-hydrogen) atoms. The molecule has 2 saturated heterocycles. The van der Waals surface area contributed by atoms with Gasteiger partial charge in [0.15, 0.2) is 0 Å². The van der Waals surface area contributed by atoms with Crippen molar-refractivity contribution in [3.63, 3.8) is 0 Å². The van der Waals surface area contributed by atoms with Crippen molar-refractivity contribution >= 4 is 0 Å². The van der Waals surface area contributed by atoms with Crippen LogP contribution in [-0.4, -0.2) is 80.8 Å². The topological polar surface area (TPSA) is 68.6 Å². The van der Waals surface area contributed by atoms with Crippen molar-refractivity contribution in [2.75, 3.05) is 65.4 Å². The highest BCUT2D eigenvalue weighted by molar-refractivity contribution is 4.84. The molecule has 2 aliphatic rings. The Morgan fingerprint density at radius 1 is 0.900 bits per heavy atom. The van der Waals surface area contributed by atoms with E-state index in [1.165, 1.54) is 26.2 Å². The lowest BCUT2D eigenvalue weighted by Gasteiger charge is -2.36. The maximum Gasteiger partial charge on any atom is 0.0317 e. The Labute approximate surface area is 123 Å². The lowest BCUT2D eigenvalue weighted by atomic mass is 9.93. The molecule has 2 heterocycles. The van der Waals surface area contributed by atoms with Crippen LogP contribution in [0.5, 0.6) is 0 Å². The minimum absolute atomic E-state index is 0.0513. The number of rotatable bonds is 7. The molecular formula is C14H32N6. The average Bonchev–Trinajstić information content (AvgIpc) is 2.53. The first-order valence-corrected chi connectivity index (χ1v) is 8.06. The first-order valence-electron chi connectivity index (χ1n) is 8.06. The average molecular weight is 284 g/mol. The molecule has 0 unspecified atom stereocenters. The summed E-state index contributed by atoms with van der Waals surface area (Å²) in [6.45, 7) is 13.7. The predicted molar refractivity (Wildman–Crippen MR) is 83.6 cm³/mol. The first-order chi connectivity index (χ1) is 9.72. The monoisotopic (exact) mass is 284 g/mol. The Balaban J connectivity index is 1.69. The molecule has 0 radical (unpaired) electrons. The summed E-state index contributed by atoms with van der Waals surface area (Å²) in [5.41, 5.74) is 3.12. The van der Waals surface area contributed by atoms with E-state index in [1.54, 1.807) is 0 Å². The molecular weight excluding hydrogens is 252 g/mol. The fraction of sp³-hybridized carbons (Fsp3) is 1.00. The van der Waals surface area contributed by atoms with Gasteiger partial charge in [0.25, 0.3) is 0 Å². The summed E-state index contributed by atoms with van der Waals surface area (Å²) in [6, 6.07) is 0. The molecule has 6 heteroatoms. The van der Waals surface area contributed by atoms with Gasteiger partial charge in [-0.05, 0) is 19.8 Å². The highest BCUT2D eigenvalue weighted by Gasteiger charge is 2.25. The summed E-state index contributed by atoms with van der Waals surface area (Å²) in [4.78, 5) is 5.08. The Morgan fingerprint density at radius 3 is 1.65 bits per heavy atom. The van der Waals surface area contributed by atoms with E-state index < -0.39 is 0 Å². The Hall–Kier alpha value is -0.240. The maximum absolute atomic E-state index is 5.83. The van der Waals surface area contributed by atoms with Crippen LogP contribution in [0, 0.1) is 0 Å². The number of hydrogen-bond donors (Lipinski definition) is 4. The van der Waals surface area contributed by atoms with Crippen molar-refractivity contribution in [1.82, 2.24) is 25.9 Å². The summed E-state index contributed by atoms with van der Waals surface area (Å²) >= 11 is 0. The number of hydrazine groups is 1. The number of nitrogens with one attached hydrogen (secondary N) is 3. The van der Waals surface area contributed by atoms with Gasteiger partial charge in [0.05, 0.1) is 0 Å². The van der Waals surface area contributed by atoms with Crippen molar-refractivity contribution < 1.29 is 0 Å². The quantitative estimate of drug-likeness (QED) is 0.348. The zero-order chi connectivity index (χ0) is 14.3. The van der Waals surface area contributed by atoms with Gasteiger partial charge in [-0.1, -0.05) is 0 Å². The molecule has 0 aromatic rings. The van der Waals surface area contributed by atoms with E-state index in [1.807, 2.05) is 0 Å². The van der Waals surface area contributed by atoms with Gasteiger partial charge >= 0.3 is 0 Å². The minimum atomic E-state index is 0.0513. The van der Waals surface area contributed by atoms with Gasteiger partial charge in [0.2, 0.25) is 0 Å². The number of nitrogens with two attached hydrogens (primary N) is 1. The highest BCUT2D eigenvalue weighted by atomic mass is 15.3. The van der Waals surface area contributed by atoms with Crippen LogP contribution >= 0.6 is 0 Å². The van der Waals surface area contributed by atoms with E-state index in [0.717, 1.165) is 52.1 Å². The van der Waals surface area contributed by atoms with E-state index in [-0.39, 0.29) is 5.54 Å². The molecule has 0 aromatic heterocycles. The zero-order valence-electron chi connectivity index (χ0n) is 13.0. The summed E-state index contributed by atoms with van der Waals surface area (Å²) < 4.78 is 0. The molecule has 0 aromatic carbocycles. The maximum atomic E-state index is 5.83. The van der Waals surface area contributed by atoms with E-state index in [0.29, 0.717) is 0 Å². The van der Waals surface area contributed by atoms with Gasteiger partial charge < -0.3 is 20.4 Å². The standard InChI is InChI=1S/C14H32N6/c1-14(18-15,2-8-19-10-4-16-5-11-19)3-9-20-12-6-17-7-13-20/h16-18H,2-13,15H2,1H3. The molecule has 0 amide bonds. The molecule has 5 N–H and O–H groups in total. The highest BCUT2D eigenvalue weighted by Crippen LogP contribution is 2.16. The van der Waals surface area contributed by atoms with Crippen molar-refractivity contribution in [3.05, 3.63) is 0 Å². The second kappa shape index (κ2) is 8.26. The summed E-state index contributed by atoms with van der Waals surface area (Å²) in [5.74, 6) is 5.83. The molecule has 0 atom stereocenters. The van der Waals surface area contributed by atoms with Crippen LogP contribution in [0.1, 0.15) is 19.8 Å². The zero-order valence-corrected chi connectivity index (χ0v) is 13.0. The Kier molecular flexibility index (Phi) is 6.67. The summed E-state index contributed by atoms with van der Waals surface area (Å²) in [7, 11) is 0. The summed E-state index contributed by atoms with van der Waals surface area (Å²) in [5, 5.41) is 6.80. The molecule has 2 fully saturated rings. The summed E-state index contributed by atoms with van der Waals surface area (Å²) in [6.07, 6.45) is 2.24. The lowest BCUT2D eigenvalue weighted by Crippen LogP contribution is -2.53. The molecule has 2 rings (SSSR count). The van der Waals surface area contributed by atoms with Crippen LogP contribution in [0.25, 0.3) is 0 Å². The van der Waals surface area contributed by atoms with Gasteiger partial charge in [0, 0.05) is 71.0 Å². The van der Waals surface area contributed by atoms with Gasteiger partial charge in [-0.2, -0.15) is 0 Å². The molecule has 0 aliphatic carbocycles. The third-order valence-corrected chi connectivity index (χ3v) is 4.73. The first kappa shape index (κ1) is 16.1. The molecule has 0 spiro atoms. The van der Waals surface area contributed by atoms with Crippen LogP contribution in [0.2, 0.25) is 0 Å². The SMILES string of the molecule is CC(CCN1CCNCC1)(CCN1CCNCC1)NN. The number of piperazine rings is 2. The fourth-order valence-electron chi connectivity index (χ4n) is 2.95. The van der Waals surface area contributed by atoms with E-state index >= 15 is 0 Å². The van der Waals surface area contributed by atoms with Crippen molar-refractivity contribution in [3.8, 4) is 0 Å². The molecule has 0 bridgehead atoms. The fourth-order valence-corrected chi connectivity index (χ4v) is 2.95. The molecule has 0 saturated carbocycles. The van der Waals surface area contributed by atoms with Gasteiger partial charge in [-0.15, -0.1) is 0 Å².